The number of anilines is 1. The fraction of sp³-hybridized carbons (Fsp3) is 0.688. The van der Waals surface area contributed by atoms with E-state index in [1.807, 2.05) is 31.3 Å². The van der Waals surface area contributed by atoms with Crippen LogP contribution in [0.4, 0.5) is 9.93 Å². The number of hydrogen-bond acceptors (Lipinski definition) is 6. The van der Waals surface area contributed by atoms with Crippen molar-refractivity contribution in [3.05, 3.63) is 11.1 Å². The number of hydrogen-bond donors (Lipinski definition) is 1. The third-order valence-electron chi connectivity index (χ3n) is 3.75. The zero-order valence-corrected chi connectivity index (χ0v) is 19.0. The Labute approximate surface area is 176 Å². The smallest absolute Gasteiger partial charge is 0.409 e. The van der Waals surface area contributed by atoms with E-state index >= 15 is 0 Å². The molecule has 1 fully saturated rings. The van der Waals surface area contributed by atoms with Crippen molar-refractivity contribution >= 4 is 52.5 Å². The lowest BCUT2D eigenvalue weighted by molar-refractivity contribution is 0.0914. The van der Waals surface area contributed by atoms with E-state index in [2.05, 4.69) is 22.1 Å². The van der Waals surface area contributed by atoms with Crippen LogP contribution in [0, 0.1) is 0 Å². The van der Waals surface area contributed by atoms with Gasteiger partial charge in [-0.05, 0) is 13.8 Å². The molecular formula is C16H29IN6O2S. The number of nitrogens with zero attached hydrogens (tertiary/aromatic N) is 5. The van der Waals surface area contributed by atoms with Crippen LogP contribution < -0.4 is 10.2 Å². The van der Waals surface area contributed by atoms with E-state index in [-0.39, 0.29) is 30.1 Å². The molecule has 1 saturated heterocycles. The van der Waals surface area contributed by atoms with Gasteiger partial charge in [0.05, 0.1) is 18.8 Å². The number of halogens is 1. The van der Waals surface area contributed by atoms with Crippen molar-refractivity contribution in [2.75, 3.05) is 58.3 Å². The molecule has 2 heterocycles. The lowest BCUT2D eigenvalue weighted by atomic mass is 10.3. The zero-order chi connectivity index (χ0) is 18.2. The fourth-order valence-corrected chi connectivity index (χ4v) is 3.22. The van der Waals surface area contributed by atoms with Crippen LogP contribution in [-0.4, -0.2) is 80.3 Å². The quantitative estimate of drug-likeness (QED) is 0.383. The Bertz CT molecular complexity index is 587. The topological polar surface area (TPSA) is 73.3 Å². The molecule has 0 spiro atoms. The second-order valence-corrected chi connectivity index (χ2v) is 6.70. The average Bonchev–Trinajstić information content (AvgIpc) is 3.08. The number of nitrogens with one attached hydrogen (secondary N) is 1. The molecule has 1 amide bonds. The van der Waals surface area contributed by atoms with E-state index in [0.29, 0.717) is 26.2 Å². The Balaban J connectivity index is 0.00000338. The number of ether oxygens (including phenoxy) is 1. The van der Waals surface area contributed by atoms with Crippen LogP contribution >= 0.6 is 35.3 Å². The fourth-order valence-electron chi connectivity index (χ4n) is 2.47. The number of carbonyl (C=O) groups is 1. The van der Waals surface area contributed by atoms with Gasteiger partial charge in [-0.2, -0.15) is 0 Å². The molecule has 148 valence electrons. The van der Waals surface area contributed by atoms with Crippen LogP contribution in [0.15, 0.2) is 10.4 Å². The van der Waals surface area contributed by atoms with Gasteiger partial charge in [0.15, 0.2) is 11.1 Å². The predicted octanol–water partition coefficient (Wildman–Crippen LogP) is 2.07. The van der Waals surface area contributed by atoms with Gasteiger partial charge in [0.1, 0.15) is 0 Å². The van der Waals surface area contributed by atoms with Crippen molar-refractivity contribution in [1.82, 2.24) is 20.1 Å². The molecule has 1 aromatic heterocycles. The monoisotopic (exact) mass is 496 g/mol. The summed E-state index contributed by atoms with van der Waals surface area (Å²) >= 11 is 1.62. The number of guanidine groups is 1. The normalized spacial score (nSPS) is 14.7. The van der Waals surface area contributed by atoms with E-state index in [9.17, 15) is 4.79 Å². The van der Waals surface area contributed by atoms with Gasteiger partial charge in [0, 0.05) is 52.2 Å². The molecule has 0 atom stereocenters. The van der Waals surface area contributed by atoms with Crippen LogP contribution in [0.3, 0.4) is 0 Å². The Morgan fingerprint density at radius 1 is 1.31 bits per heavy atom. The Morgan fingerprint density at radius 3 is 2.50 bits per heavy atom. The summed E-state index contributed by atoms with van der Waals surface area (Å²) in [4.78, 5) is 27.0. The summed E-state index contributed by atoms with van der Waals surface area (Å²) in [6.45, 7) is 8.40. The summed E-state index contributed by atoms with van der Waals surface area (Å²) in [5.74, 6) is 0.866. The van der Waals surface area contributed by atoms with E-state index < -0.39 is 0 Å². The number of aromatic nitrogens is 1. The highest BCUT2D eigenvalue weighted by Crippen LogP contribution is 2.18. The summed E-state index contributed by atoms with van der Waals surface area (Å²) in [5.41, 5.74) is 0.967. The molecule has 0 saturated carbocycles. The summed E-state index contributed by atoms with van der Waals surface area (Å²) in [6.07, 6.45) is -0.234. The van der Waals surface area contributed by atoms with Gasteiger partial charge in [-0.25, -0.2) is 14.8 Å². The number of carbonyl (C=O) groups excluding carboxylic acids is 1. The molecule has 1 aliphatic heterocycles. The highest BCUT2D eigenvalue weighted by molar-refractivity contribution is 14.0. The second-order valence-electron chi connectivity index (χ2n) is 5.86. The summed E-state index contributed by atoms with van der Waals surface area (Å²) in [6, 6.07) is 0. The molecule has 2 rings (SSSR count). The first-order chi connectivity index (χ1) is 12.0. The van der Waals surface area contributed by atoms with Crippen molar-refractivity contribution < 1.29 is 9.53 Å². The number of amides is 1. The Morgan fingerprint density at radius 2 is 1.96 bits per heavy atom. The van der Waals surface area contributed by atoms with E-state index in [4.69, 9.17) is 9.73 Å². The minimum atomic E-state index is -0.234. The molecule has 0 aromatic carbocycles. The zero-order valence-electron chi connectivity index (χ0n) is 15.9. The lowest BCUT2D eigenvalue weighted by Crippen LogP contribution is -2.53. The molecule has 26 heavy (non-hydrogen) atoms. The molecule has 0 unspecified atom stereocenters. The van der Waals surface area contributed by atoms with Crippen LogP contribution in [0.25, 0.3) is 0 Å². The standard InChI is InChI=1S/C16H28N6O2S.HI/c1-5-17-14(18-11-13-12-25-15(19-13)20(3)4)21-7-9-22(10-8-21)16(23)24-6-2;/h12H,5-11H2,1-4H3,(H,17,18);1H. The van der Waals surface area contributed by atoms with Crippen molar-refractivity contribution in [3.63, 3.8) is 0 Å². The van der Waals surface area contributed by atoms with Crippen molar-refractivity contribution in [1.29, 1.82) is 0 Å². The number of rotatable bonds is 5. The minimum absolute atomic E-state index is 0. The van der Waals surface area contributed by atoms with Crippen molar-refractivity contribution in [3.8, 4) is 0 Å². The largest absolute Gasteiger partial charge is 0.450 e. The highest BCUT2D eigenvalue weighted by atomic mass is 127. The molecule has 8 nitrogen and oxygen atoms in total. The Hall–Kier alpha value is -1.30. The van der Waals surface area contributed by atoms with Crippen LogP contribution in [-0.2, 0) is 11.3 Å². The number of thiazole rings is 1. The van der Waals surface area contributed by atoms with Gasteiger partial charge in [-0.3, -0.25) is 0 Å². The minimum Gasteiger partial charge on any atom is -0.450 e. The first kappa shape index (κ1) is 22.7. The molecule has 1 aliphatic rings. The van der Waals surface area contributed by atoms with E-state index in [1.54, 1.807) is 16.2 Å². The third-order valence-corrected chi connectivity index (χ3v) is 4.81. The SMILES string of the molecule is CCNC(=NCc1csc(N(C)C)n1)N1CCN(C(=O)OCC)CC1.I. The molecule has 1 N–H and O–H groups in total. The number of piperazine rings is 1. The first-order valence-corrected chi connectivity index (χ1v) is 9.49. The van der Waals surface area contributed by atoms with Crippen molar-refractivity contribution in [2.24, 2.45) is 4.99 Å². The summed E-state index contributed by atoms with van der Waals surface area (Å²) in [5, 5.41) is 6.36. The number of aliphatic imine (C=N–C) groups is 1. The summed E-state index contributed by atoms with van der Waals surface area (Å²) < 4.78 is 5.06. The van der Waals surface area contributed by atoms with Crippen LogP contribution in [0.5, 0.6) is 0 Å². The summed E-state index contributed by atoms with van der Waals surface area (Å²) in [7, 11) is 3.97. The highest BCUT2D eigenvalue weighted by Gasteiger charge is 2.23. The van der Waals surface area contributed by atoms with Gasteiger partial charge < -0.3 is 24.8 Å². The molecule has 1 aromatic rings. The molecule has 0 aliphatic carbocycles. The van der Waals surface area contributed by atoms with Crippen LogP contribution in [0.1, 0.15) is 19.5 Å². The maximum Gasteiger partial charge on any atom is 0.409 e. The molecule has 0 bridgehead atoms. The van der Waals surface area contributed by atoms with Crippen LogP contribution in [0.2, 0.25) is 0 Å². The molecular weight excluding hydrogens is 467 g/mol. The average molecular weight is 496 g/mol. The van der Waals surface area contributed by atoms with Crippen molar-refractivity contribution in [2.45, 2.75) is 20.4 Å². The maximum atomic E-state index is 11.8. The third kappa shape index (κ3) is 6.45. The maximum absolute atomic E-state index is 11.8. The Kier molecular flexibility index (Phi) is 9.99. The van der Waals surface area contributed by atoms with E-state index in [0.717, 1.165) is 36.4 Å². The van der Waals surface area contributed by atoms with Gasteiger partial charge in [-0.1, -0.05) is 0 Å². The predicted molar refractivity (Wildman–Crippen MR) is 117 cm³/mol. The van der Waals surface area contributed by atoms with Gasteiger partial charge in [0.25, 0.3) is 0 Å². The van der Waals surface area contributed by atoms with Gasteiger partial charge in [0.2, 0.25) is 0 Å². The van der Waals surface area contributed by atoms with Gasteiger partial charge >= 0.3 is 6.09 Å². The first-order valence-electron chi connectivity index (χ1n) is 8.61. The molecule has 0 radical (unpaired) electrons. The lowest BCUT2D eigenvalue weighted by Gasteiger charge is -2.35. The van der Waals surface area contributed by atoms with E-state index in [1.165, 1.54) is 0 Å². The second kappa shape index (κ2) is 11.4. The molecule has 10 heteroatoms. The van der Waals surface area contributed by atoms with Gasteiger partial charge in [-0.15, -0.1) is 35.3 Å².